The van der Waals surface area contributed by atoms with Gasteiger partial charge in [0.25, 0.3) is 0 Å². The molecule has 0 aliphatic carbocycles. The van der Waals surface area contributed by atoms with Crippen LogP contribution in [0.2, 0.25) is 0 Å². The van der Waals surface area contributed by atoms with Gasteiger partial charge in [0.1, 0.15) is 11.6 Å². The third-order valence-electron chi connectivity index (χ3n) is 2.87. The number of halogens is 1. The van der Waals surface area contributed by atoms with Gasteiger partial charge < -0.3 is 9.26 Å². The van der Waals surface area contributed by atoms with E-state index in [4.69, 9.17) is 20.9 Å². The molecule has 17 heavy (non-hydrogen) atoms. The van der Waals surface area contributed by atoms with E-state index in [2.05, 4.69) is 10.1 Å². The molecule has 3 rings (SSSR count). The van der Waals surface area contributed by atoms with Crippen molar-refractivity contribution in [2.45, 2.75) is 18.2 Å². The summed E-state index contributed by atoms with van der Waals surface area (Å²) >= 11 is 5.66. The Morgan fingerprint density at radius 2 is 2.24 bits per heavy atom. The highest BCUT2D eigenvalue weighted by Gasteiger charge is 2.26. The Hall–Kier alpha value is -1.55. The van der Waals surface area contributed by atoms with E-state index in [9.17, 15) is 0 Å². The Labute approximate surface area is 104 Å². The van der Waals surface area contributed by atoms with Crippen molar-refractivity contribution in [3.8, 4) is 5.75 Å². The molecule has 0 spiro atoms. The lowest BCUT2D eigenvalue weighted by atomic mass is 9.92. The minimum absolute atomic E-state index is 0.140. The van der Waals surface area contributed by atoms with Crippen molar-refractivity contribution >= 4 is 11.6 Å². The normalized spacial score (nSPS) is 18.5. The summed E-state index contributed by atoms with van der Waals surface area (Å²) in [5.74, 6) is 2.45. The molecule has 1 aromatic carbocycles. The number of hydrogen-bond donors (Lipinski definition) is 0. The molecule has 0 radical (unpaired) electrons. The molecule has 0 saturated heterocycles. The van der Waals surface area contributed by atoms with E-state index >= 15 is 0 Å². The van der Waals surface area contributed by atoms with Crippen LogP contribution in [0.4, 0.5) is 0 Å². The average Bonchev–Trinajstić information content (AvgIpc) is 2.87. The second-order valence-electron chi connectivity index (χ2n) is 3.91. The Kier molecular flexibility index (Phi) is 2.73. The van der Waals surface area contributed by atoms with Gasteiger partial charge in [-0.2, -0.15) is 4.98 Å². The van der Waals surface area contributed by atoms with E-state index in [1.807, 2.05) is 24.3 Å². The fourth-order valence-corrected chi connectivity index (χ4v) is 2.18. The summed E-state index contributed by atoms with van der Waals surface area (Å²) in [5, 5.41) is 3.98. The van der Waals surface area contributed by atoms with Crippen LogP contribution in [-0.4, -0.2) is 16.7 Å². The molecule has 0 fully saturated rings. The molecule has 2 heterocycles. The molecule has 2 aromatic rings. The van der Waals surface area contributed by atoms with Gasteiger partial charge in [-0.05, 0) is 12.5 Å². The molecule has 1 aromatic heterocycles. The Morgan fingerprint density at radius 1 is 1.35 bits per heavy atom. The van der Waals surface area contributed by atoms with Crippen molar-refractivity contribution in [3.05, 3.63) is 41.5 Å². The molecule has 1 aliphatic heterocycles. The summed E-state index contributed by atoms with van der Waals surface area (Å²) in [6, 6.07) is 7.95. The van der Waals surface area contributed by atoms with Gasteiger partial charge >= 0.3 is 0 Å². The van der Waals surface area contributed by atoms with Crippen molar-refractivity contribution in [1.29, 1.82) is 0 Å². The summed E-state index contributed by atoms with van der Waals surface area (Å²) in [7, 11) is 0. The lowest BCUT2D eigenvalue weighted by Crippen LogP contribution is -2.16. The van der Waals surface area contributed by atoms with Gasteiger partial charge in [-0.3, -0.25) is 0 Å². The molecule has 5 heteroatoms. The number of alkyl halides is 1. The second kappa shape index (κ2) is 4.37. The third kappa shape index (κ3) is 1.89. The summed E-state index contributed by atoms with van der Waals surface area (Å²) in [5.41, 5.74) is 1.11. The molecule has 88 valence electrons. The van der Waals surface area contributed by atoms with Gasteiger partial charge in [-0.25, -0.2) is 0 Å². The molecule has 1 unspecified atom stereocenters. The Balaban J connectivity index is 1.99. The van der Waals surface area contributed by atoms with Gasteiger partial charge in [-0.1, -0.05) is 23.4 Å². The maximum atomic E-state index is 5.66. The van der Waals surface area contributed by atoms with Crippen LogP contribution in [-0.2, 0) is 5.88 Å². The van der Waals surface area contributed by atoms with Crippen LogP contribution in [0, 0.1) is 0 Å². The van der Waals surface area contributed by atoms with Crippen LogP contribution in [0.3, 0.4) is 0 Å². The van der Waals surface area contributed by atoms with Crippen LogP contribution in [0.5, 0.6) is 5.75 Å². The van der Waals surface area contributed by atoms with E-state index in [1.165, 1.54) is 0 Å². The minimum atomic E-state index is 0.140. The molecule has 1 aliphatic rings. The van der Waals surface area contributed by atoms with Crippen LogP contribution >= 0.6 is 11.6 Å². The van der Waals surface area contributed by atoms with Crippen molar-refractivity contribution in [1.82, 2.24) is 10.1 Å². The van der Waals surface area contributed by atoms with Crippen LogP contribution in [0.15, 0.2) is 28.8 Å². The lowest BCUT2D eigenvalue weighted by molar-refractivity contribution is 0.272. The fraction of sp³-hybridized carbons (Fsp3) is 0.333. The summed E-state index contributed by atoms with van der Waals surface area (Å²) in [4.78, 5) is 4.29. The van der Waals surface area contributed by atoms with Crippen LogP contribution in [0.1, 0.15) is 29.6 Å². The Bertz CT molecular complexity index is 527. The summed E-state index contributed by atoms with van der Waals surface area (Å²) in [6.45, 7) is 0.673. The molecular formula is C12H11ClN2O2. The fourth-order valence-electron chi connectivity index (χ4n) is 2.07. The largest absolute Gasteiger partial charge is 0.493 e. The summed E-state index contributed by atoms with van der Waals surface area (Å²) in [6.07, 6.45) is 0.859. The van der Waals surface area contributed by atoms with Gasteiger partial charge in [0, 0.05) is 5.56 Å². The minimum Gasteiger partial charge on any atom is -0.493 e. The number of ether oxygens (including phenoxy) is 1. The highest BCUT2D eigenvalue weighted by molar-refractivity contribution is 6.16. The van der Waals surface area contributed by atoms with E-state index in [0.717, 1.165) is 17.7 Å². The van der Waals surface area contributed by atoms with Crippen LogP contribution < -0.4 is 4.74 Å². The topological polar surface area (TPSA) is 48.2 Å². The van der Waals surface area contributed by atoms with Gasteiger partial charge in [0.2, 0.25) is 5.89 Å². The number of aromatic nitrogens is 2. The van der Waals surface area contributed by atoms with Gasteiger partial charge in [0.05, 0.1) is 12.5 Å². The quantitative estimate of drug-likeness (QED) is 0.769. The maximum absolute atomic E-state index is 5.66. The number of nitrogens with zero attached hydrogens (tertiary/aromatic N) is 2. The first-order valence-corrected chi connectivity index (χ1v) is 6.02. The number of benzene rings is 1. The first-order chi connectivity index (χ1) is 8.38. The summed E-state index contributed by atoms with van der Waals surface area (Å²) < 4.78 is 10.6. The van der Waals surface area contributed by atoms with Crippen molar-refractivity contribution in [2.75, 3.05) is 6.61 Å². The highest BCUT2D eigenvalue weighted by Crippen LogP contribution is 2.36. The Morgan fingerprint density at radius 3 is 3.06 bits per heavy atom. The SMILES string of the molecule is ClCc1nc(C2CCOc3ccccc32)no1. The maximum Gasteiger partial charge on any atom is 0.241 e. The van der Waals surface area contributed by atoms with Crippen molar-refractivity contribution in [3.63, 3.8) is 0 Å². The molecule has 0 amide bonds. The zero-order valence-electron chi connectivity index (χ0n) is 9.10. The number of hydrogen-bond acceptors (Lipinski definition) is 4. The van der Waals surface area contributed by atoms with E-state index in [-0.39, 0.29) is 11.8 Å². The van der Waals surface area contributed by atoms with Crippen molar-refractivity contribution < 1.29 is 9.26 Å². The van der Waals surface area contributed by atoms with Gasteiger partial charge in [-0.15, -0.1) is 11.6 Å². The molecular weight excluding hydrogens is 240 g/mol. The zero-order chi connectivity index (χ0) is 11.7. The van der Waals surface area contributed by atoms with Crippen molar-refractivity contribution in [2.24, 2.45) is 0 Å². The smallest absolute Gasteiger partial charge is 0.241 e. The standard InChI is InChI=1S/C12H11ClN2O2/c13-7-11-14-12(15-17-11)9-5-6-16-10-4-2-1-3-8(9)10/h1-4,9H,5-7H2. The van der Waals surface area contributed by atoms with E-state index < -0.39 is 0 Å². The highest BCUT2D eigenvalue weighted by atomic mass is 35.5. The van der Waals surface area contributed by atoms with E-state index in [0.29, 0.717) is 18.3 Å². The predicted molar refractivity (Wildman–Crippen MR) is 62.3 cm³/mol. The van der Waals surface area contributed by atoms with Crippen LogP contribution in [0.25, 0.3) is 0 Å². The molecule has 0 N–H and O–H groups in total. The first kappa shape index (κ1) is 10.6. The number of rotatable bonds is 2. The van der Waals surface area contributed by atoms with Gasteiger partial charge in [0.15, 0.2) is 5.82 Å². The second-order valence-corrected chi connectivity index (χ2v) is 4.17. The molecule has 0 saturated carbocycles. The molecule has 0 bridgehead atoms. The average molecular weight is 251 g/mol. The lowest BCUT2D eigenvalue weighted by Gasteiger charge is -2.23. The molecule has 4 nitrogen and oxygen atoms in total. The monoisotopic (exact) mass is 250 g/mol. The first-order valence-electron chi connectivity index (χ1n) is 5.48. The third-order valence-corrected chi connectivity index (χ3v) is 3.10. The number of para-hydroxylation sites is 1. The molecule has 1 atom stereocenters. The predicted octanol–water partition coefficient (Wildman–Crippen LogP) is 2.72. The number of fused-ring (bicyclic) bond motifs is 1. The van der Waals surface area contributed by atoms with E-state index in [1.54, 1.807) is 0 Å². The zero-order valence-corrected chi connectivity index (χ0v) is 9.85.